The highest BCUT2D eigenvalue weighted by Crippen LogP contribution is 2.39. The Labute approximate surface area is 292 Å². The largest absolute Gasteiger partial charge is 0.310 e. The fraction of sp³-hybridized carbons (Fsp3) is 0. The van der Waals surface area contributed by atoms with Crippen LogP contribution in [-0.2, 0) is 0 Å². The number of aromatic nitrogens is 1. The van der Waals surface area contributed by atoms with Crippen molar-refractivity contribution in [1.82, 2.24) is 4.57 Å². The smallest absolute Gasteiger partial charge is 0.0541 e. The van der Waals surface area contributed by atoms with Crippen LogP contribution in [0.2, 0.25) is 0 Å². The van der Waals surface area contributed by atoms with E-state index in [-0.39, 0.29) is 0 Å². The van der Waals surface area contributed by atoms with Gasteiger partial charge in [0.1, 0.15) is 0 Å². The quantitative estimate of drug-likeness (QED) is 0.169. The first kappa shape index (κ1) is 29.5. The maximum Gasteiger partial charge on any atom is 0.0541 e. The van der Waals surface area contributed by atoms with E-state index in [0.717, 1.165) is 22.6 Å². The van der Waals surface area contributed by atoms with Gasteiger partial charge in [0.25, 0.3) is 0 Å². The number of nitrogens with zero attached hydrogens (tertiary/aromatic N) is 2. The molecule has 2 nitrogen and oxygen atoms in total. The summed E-state index contributed by atoms with van der Waals surface area (Å²) < 4.78 is 2.36. The van der Waals surface area contributed by atoms with Crippen LogP contribution in [0.1, 0.15) is 5.56 Å². The van der Waals surface area contributed by atoms with Crippen LogP contribution >= 0.6 is 0 Å². The van der Waals surface area contributed by atoms with Gasteiger partial charge in [-0.15, -0.1) is 0 Å². The van der Waals surface area contributed by atoms with Crippen molar-refractivity contribution in [3.8, 4) is 27.9 Å². The molecule has 0 aliphatic heterocycles. The van der Waals surface area contributed by atoms with E-state index in [4.69, 9.17) is 0 Å². The molecule has 2 heteroatoms. The van der Waals surface area contributed by atoms with Gasteiger partial charge in [-0.05, 0) is 105 Å². The molecule has 0 atom stereocenters. The summed E-state index contributed by atoms with van der Waals surface area (Å²) in [6.07, 6.45) is 1.88. The summed E-state index contributed by atoms with van der Waals surface area (Å²) in [4.78, 5) is 2.34. The van der Waals surface area contributed by atoms with Crippen molar-refractivity contribution in [2.75, 3.05) is 4.90 Å². The van der Waals surface area contributed by atoms with Crippen LogP contribution in [0.3, 0.4) is 0 Å². The molecule has 9 rings (SSSR count). The van der Waals surface area contributed by atoms with E-state index >= 15 is 0 Å². The first-order valence-electron chi connectivity index (χ1n) is 17.0. The van der Waals surface area contributed by atoms with Crippen molar-refractivity contribution in [2.45, 2.75) is 0 Å². The Morgan fingerprint density at radius 2 is 0.940 bits per heavy atom. The normalized spacial score (nSPS) is 11.3. The predicted molar refractivity (Wildman–Crippen MR) is 214 cm³/mol. The number of fused-ring (bicyclic) bond motifs is 4. The second-order valence-electron chi connectivity index (χ2n) is 12.7. The van der Waals surface area contributed by atoms with Crippen molar-refractivity contribution in [2.24, 2.45) is 0 Å². The molecule has 1 heterocycles. The number of benzene rings is 8. The second-order valence-corrected chi connectivity index (χ2v) is 12.7. The summed E-state index contributed by atoms with van der Waals surface area (Å²) in [5.41, 5.74) is 12.8. The molecule has 0 aliphatic carbocycles. The summed E-state index contributed by atoms with van der Waals surface area (Å²) >= 11 is 0. The topological polar surface area (TPSA) is 8.17 Å². The molecule has 0 N–H and O–H groups in total. The van der Waals surface area contributed by atoms with Crippen LogP contribution < -0.4 is 4.90 Å². The highest BCUT2D eigenvalue weighted by molar-refractivity contribution is 6.10. The lowest BCUT2D eigenvalue weighted by Gasteiger charge is -2.26. The first-order chi connectivity index (χ1) is 24.7. The summed E-state index contributed by atoms with van der Waals surface area (Å²) in [6, 6.07) is 67.8. The van der Waals surface area contributed by atoms with Gasteiger partial charge in [-0.2, -0.15) is 0 Å². The van der Waals surface area contributed by atoms with E-state index in [0.29, 0.717) is 0 Å². The van der Waals surface area contributed by atoms with E-state index in [1.54, 1.807) is 0 Å². The van der Waals surface area contributed by atoms with Crippen LogP contribution in [0.4, 0.5) is 17.1 Å². The lowest BCUT2D eigenvalue weighted by molar-refractivity contribution is 1.18. The molecule has 0 radical (unpaired) electrons. The van der Waals surface area contributed by atoms with Crippen molar-refractivity contribution in [1.29, 1.82) is 0 Å². The van der Waals surface area contributed by atoms with Crippen LogP contribution in [0.25, 0.3) is 66.6 Å². The number of anilines is 3. The van der Waals surface area contributed by atoms with Gasteiger partial charge in [-0.3, -0.25) is 0 Å². The van der Waals surface area contributed by atoms with Crippen LogP contribution in [0.15, 0.2) is 195 Å². The molecule has 0 amide bonds. The summed E-state index contributed by atoms with van der Waals surface area (Å²) in [5, 5.41) is 4.96. The van der Waals surface area contributed by atoms with Gasteiger partial charge >= 0.3 is 0 Å². The molecule has 0 saturated heterocycles. The van der Waals surface area contributed by atoms with Gasteiger partial charge < -0.3 is 9.47 Å². The molecule has 1 aromatic heterocycles. The van der Waals surface area contributed by atoms with Gasteiger partial charge in [0.05, 0.1) is 11.0 Å². The Balaban J connectivity index is 1.11. The number of rotatable bonds is 7. The molecule has 8 aromatic carbocycles. The second kappa shape index (κ2) is 12.4. The number of hydrogen-bond donors (Lipinski definition) is 0. The molecule has 0 unspecified atom stereocenters. The Morgan fingerprint density at radius 1 is 0.400 bits per heavy atom. The van der Waals surface area contributed by atoms with E-state index < -0.39 is 0 Å². The molecule has 0 spiro atoms. The molecule has 9 aromatic rings. The van der Waals surface area contributed by atoms with Gasteiger partial charge in [0, 0.05) is 33.5 Å². The molecule has 50 heavy (non-hydrogen) atoms. The van der Waals surface area contributed by atoms with E-state index in [1.807, 2.05) is 6.08 Å². The van der Waals surface area contributed by atoms with Gasteiger partial charge in [0.2, 0.25) is 0 Å². The van der Waals surface area contributed by atoms with Gasteiger partial charge in [0.15, 0.2) is 0 Å². The highest BCUT2D eigenvalue weighted by atomic mass is 15.1. The SMILES string of the molecule is C=Cc1ccc(-c2ccc(N(c3ccc(-c4ccc5c(c4)c4ccccc4n5-c4ccccc4)cc3)c3ccc4ccccc4c3)cc2)cc1. The zero-order chi connectivity index (χ0) is 33.4. The third-order valence-electron chi connectivity index (χ3n) is 9.74. The molecule has 0 fully saturated rings. The molecule has 236 valence electrons. The zero-order valence-electron chi connectivity index (χ0n) is 27.6. The average molecular weight is 639 g/mol. The maximum atomic E-state index is 3.89. The van der Waals surface area contributed by atoms with Crippen molar-refractivity contribution in [3.05, 3.63) is 200 Å². The summed E-state index contributed by atoms with van der Waals surface area (Å²) in [5.74, 6) is 0. The summed E-state index contributed by atoms with van der Waals surface area (Å²) in [7, 11) is 0. The minimum atomic E-state index is 1.11. The van der Waals surface area contributed by atoms with Gasteiger partial charge in [-0.1, -0.05) is 134 Å². The van der Waals surface area contributed by atoms with Crippen molar-refractivity contribution in [3.63, 3.8) is 0 Å². The fourth-order valence-electron chi connectivity index (χ4n) is 7.19. The maximum absolute atomic E-state index is 3.89. The first-order valence-corrected chi connectivity index (χ1v) is 17.0. The minimum Gasteiger partial charge on any atom is -0.310 e. The van der Waals surface area contributed by atoms with Crippen molar-refractivity contribution >= 4 is 55.7 Å². The third-order valence-corrected chi connectivity index (χ3v) is 9.74. The fourth-order valence-corrected chi connectivity index (χ4v) is 7.19. The molecular formula is C48H34N2. The summed E-state index contributed by atoms with van der Waals surface area (Å²) in [6.45, 7) is 3.89. The van der Waals surface area contributed by atoms with Crippen LogP contribution in [-0.4, -0.2) is 4.57 Å². The lowest BCUT2D eigenvalue weighted by atomic mass is 10.0. The zero-order valence-corrected chi connectivity index (χ0v) is 27.6. The highest BCUT2D eigenvalue weighted by Gasteiger charge is 2.16. The van der Waals surface area contributed by atoms with Crippen molar-refractivity contribution < 1.29 is 0 Å². The molecule has 0 aliphatic rings. The van der Waals surface area contributed by atoms with Gasteiger partial charge in [-0.25, -0.2) is 0 Å². The average Bonchev–Trinajstić information content (AvgIpc) is 3.52. The standard InChI is InChI=1S/C48H34N2/c1-2-34-16-18-36(19-17-34)37-20-26-42(27-21-37)49(44-30-24-35-10-6-7-11-39(35)32-44)43-28-22-38(23-29-43)40-25-31-48-46(33-40)45-14-8-9-15-47(45)50(48)41-12-4-3-5-13-41/h2-33H,1H2. The number of para-hydroxylation sites is 2. The Hall–Kier alpha value is -6.64. The molecule has 0 saturated carbocycles. The van der Waals surface area contributed by atoms with Crippen LogP contribution in [0.5, 0.6) is 0 Å². The molecular weight excluding hydrogens is 605 g/mol. The van der Waals surface area contributed by atoms with E-state index in [2.05, 4.69) is 204 Å². The Bertz CT molecular complexity index is 2630. The van der Waals surface area contributed by atoms with Crippen LogP contribution in [0, 0.1) is 0 Å². The number of hydrogen-bond acceptors (Lipinski definition) is 1. The monoisotopic (exact) mass is 638 g/mol. The van der Waals surface area contributed by atoms with E-state index in [9.17, 15) is 0 Å². The third kappa shape index (κ3) is 5.24. The van der Waals surface area contributed by atoms with E-state index in [1.165, 1.54) is 60.5 Å². The Kier molecular flexibility index (Phi) is 7.33. The predicted octanol–water partition coefficient (Wildman–Crippen LogP) is 13.4. The molecule has 0 bridgehead atoms. The minimum absolute atomic E-state index is 1.11. The lowest BCUT2D eigenvalue weighted by Crippen LogP contribution is -2.09. The Morgan fingerprint density at radius 3 is 1.64 bits per heavy atom.